The van der Waals surface area contributed by atoms with Crippen molar-refractivity contribution in [1.82, 2.24) is 10.2 Å². The van der Waals surface area contributed by atoms with E-state index in [0.29, 0.717) is 0 Å². The summed E-state index contributed by atoms with van der Waals surface area (Å²) in [7, 11) is 0. The highest BCUT2D eigenvalue weighted by molar-refractivity contribution is 5.03. The molecule has 1 aliphatic heterocycles. The lowest BCUT2D eigenvalue weighted by molar-refractivity contribution is 0.286. The van der Waals surface area contributed by atoms with Crippen molar-refractivity contribution >= 4 is 0 Å². The lowest BCUT2D eigenvalue weighted by atomic mass is 10.1. The van der Waals surface area contributed by atoms with E-state index in [9.17, 15) is 0 Å². The Morgan fingerprint density at radius 1 is 1.29 bits per heavy atom. The van der Waals surface area contributed by atoms with Crippen LogP contribution in [0.1, 0.15) is 46.5 Å². The SMILES string of the molecule is CC1=CCN(CCCCCNCC(C)C)CC1. The minimum Gasteiger partial charge on any atom is -0.316 e. The van der Waals surface area contributed by atoms with Gasteiger partial charge in [0.15, 0.2) is 0 Å². The van der Waals surface area contributed by atoms with Crippen LogP contribution in [-0.4, -0.2) is 37.6 Å². The predicted molar refractivity (Wildman–Crippen MR) is 76.4 cm³/mol. The standard InChI is InChI=1S/C15H30N2/c1-14(2)13-16-9-5-4-6-10-17-11-7-15(3)8-12-17/h7,14,16H,4-6,8-13H2,1-3H3. The monoisotopic (exact) mass is 238 g/mol. The zero-order valence-corrected chi connectivity index (χ0v) is 12.0. The van der Waals surface area contributed by atoms with E-state index in [2.05, 4.69) is 37.1 Å². The van der Waals surface area contributed by atoms with Crippen molar-refractivity contribution in [2.75, 3.05) is 32.7 Å². The fourth-order valence-corrected chi connectivity index (χ4v) is 2.17. The summed E-state index contributed by atoms with van der Waals surface area (Å²) in [6, 6.07) is 0. The molecule has 0 saturated carbocycles. The highest BCUT2D eigenvalue weighted by Gasteiger charge is 2.07. The fourth-order valence-electron chi connectivity index (χ4n) is 2.17. The summed E-state index contributed by atoms with van der Waals surface area (Å²) >= 11 is 0. The van der Waals surface area contributed by atoms with E-state index < -0.39 is 0 Å². The number of nitrogens with zero attached hydrogens (tertiary/aromatic N) is 1. The maximum Gasteiger partial charge on any atom is 0.0165 e. The molecule has 2 heteroatoms. The van der Waals surface area contributed by atoms with Gasteiger partial charge in [0.2, 0.25) is 0 Å². The molecule has 0 unspecified atom stereocenters. The number of rotatable bonds is 8. The normalized spacial score (nSPS) is 17.5. The Labute approximate surface area is 107 Å². The van der Waals surface area contributed by atoms with Crippen molar-refractivity contribution in [2.45, 2.75) is 46.5 Å². The van der Waals surface area contributed by atoms with Crippen molar-refractivity contribution in [2.24, 2.45) is 5.92 Å². The van der Waals surface area contributed by atoms with Crippen molar-refractivity contribution < 1.29 is 0 Å². The summed E-state index contributed by atoms with van der Waals surface area (Å²) in [5.74, 6) is 0.776. The Bertz CT molecular complexity index is 221. The van der Waals surface area contributed by atoms with Crippen LogP contribution >= 0.6 is 0 Å². The van der Waals surface area contributed by atoms with E-state index in [1.165, 1.54) is 51.9 Å². The van der Waals surface area contributed by atoms with Gasteiger partial charge in [0.05, 0.1) is 0 Å². The summed E-state index contributed by atoms with van der Waals surface area (Å²) in [6.07, 6.45) is 7.71. The molecule has 0 aliphatic carbocycles. The first-order valence-corrected chi connectivity index (χ1v) is 7.27. The third kappa shape index (κ3) is 7.56. The van der Waals surface area contributed by atoms with Gasteiger partial charge < -0.3 is 5.32 Å². The fraction of sp³-hybridized carbons (Fsp3) is 0.867. The molecule has 1 heterocycles. The third-order valence-corrected chi connectivity index (χ3v) is 3.40. The van der Waals surface area contributed by atoms with Gasteiger partial charge in [-0.05, 0) is 51.7 Å². The predicted octanol–water partition coefficient (Wildman–Crippen LogP) is 3.05. The largest absolute Gasteiger partial charge is 0.316 e. The molecule has 1 N–H and O–H groups in total. The van der Waals surface area contributed by atoms with Gasteiger partial charge in [0.25, 0.3) is 0 Å². The molecule has 0 bridgehead atoms. The number of hydrogen-bond acceptors (Lipinski definition) is 2. The number of unbranched alkanes of at least 4 members (excludes halogenated alkanes) is 2. The molecule has 2 nitrogen and oxygen atoms in total. The minimum absolute atomic E-state index is 0.776. The van der Waals surface area contributed by atoms with Gasteiger partial charge in [-0.15, -0.1) is 0 Å². The Morgan fingerprint density at radius 3 is 2.76 bits per heavy atom. The molecule has 100 valence electrons. The van der Waals surface area contributed by atoms with Crippen LogP contribution in [0.5, 0.6) is 0 Å². The highest BCUT2D eigenvalue weighted by Crippen LogP contribution is 2.10. The second-order valence-corrected chi connectivity index (χ2v) is 5.76. The Hall–Kier alpha value is -0.340. The van der Waals surface area contributed by atoms with Crippen LogP contribution in [0, 0.1) is 5.92 Å². The van der Waals surface area contributed by atoms with Gasteiger partial charge in [-0.1, -0.05) is 31.9 Å². The van der Waals surface area contributed by atoms with Crippen LogP contribution in [0.15, 0.2) is 11.6 Å². The van der Waals surface area contributed by atoms with Crippen LogP contribution < -0.4 is 5.32 Å². The molecule has 1 rings (SSSR count). The Kier molecular flexibility index (Phi) is 7.54. The first kappa shape index (κ1) is 14.7. The van der Waals surface area contributed by atoms with Gasteiger partial charge in [-0.25, -0.2) is 0 Å². The van der Waals surface area contributed by atoms with Gasteiger partial charge in [-0.3, -0.25) is 4.90 Å². The molecule has 0 aromatic rings. The molecule has 0 saturated heterocycles. The smallest absolute Gasteiger partial charge is 0.0165 e. The summed E-state index contributed by atoms with van der Waals surface area (Å²) < 4.78 is 0. The Balaban J connectivity index is 1.88. The molecule has 0 aromatic heterocycles. The molecule has 17 heavy (non-hydrogen) atoms. The summed E-state index contributed by atoms with van der Waals surface area (Å²) in [5, 5.41) is 3.51. The molecule has 1 aliphatic rings. The van der Waals surface area contributed by atoms with Crippen molar-refractivity contribution in [3.05, 3.63) is 11.6 Å². The first-order valence-electron chi connectivity index (χ1n) is 7.27. The van der Waals surface area contributed by atoms with E-state index in [1.807, 2.05) is 0 Å². The van der Waals surface area contributed by atoms with E-state index in [-0.39, 0.29) is 0 Å². The van der Waals surface area contributed by atoms with Gasteiger partial charge >= 0.3 is 0 Å². The average Bonchev–Trinajstić information content (AvgIpc) is 2.30. The second kappa shape index (κ2) is 8.71. The molecule has 0 aromatic carbocycles. The summed E-state index contributed by atoms with van der Waals surface area (Å²) in [6.45, 7) is 12.9. The van der Waals surface area contributed by atoms with E-state index in [0.717, 1.165) is 12.5 Å². The van der Waals surface area contributed by atoms with Gasteiger partial charge in [0.1, 0.15) is 0 Å². The van der Waals surface area contributed by atoms with Crippen molar-refractivity contribution in [3.63, 3.8) is 0 Å². The highest BCUT2D eigenvalue weighted by atomic mass is 15.1. The van der Waals surface area contributed by atoms with Crippen LogP contribution in [0.25, 0.3) is 0 Å². The molecule has 0 radical (unpaired) electrons. The molecule has 0 spiro atoms. The number of hydrogen-bond donors (Lipinski definition) is 1. The molecule has 0 amide bonds. The zero-order valence-electron chi connectivity index (χ0n) is 12.0. The van der Waals surface area contributed by atoms with E-state index >= 15 is 0 Å². The minimum atomic E-state index is 0.776. The van der Waals surface area contributed by atoms with Crippen LogP contribution in [0.4, 0.5) is 0 Å². The maximum absolute atomic E-state index is 3.51. The van der Waals surface area contributed by atoms with E-state index in [1.54, 1.807) is 5.57 Å². The first-order chi connectivity index (χ1) is 8.18. The van der Waals surface area contributed by atoms with Crippen molar-refractivity contribution in [1.29, 1.82) is 0 Å². The van der Waals surface area contributed by atoms with Crippen LogP contribution in [0.3, 0.4) is 0 Å². The molecule has 0 atom stereocenters. The quantitative estimate of drug-likeness (QED) is 0.516. The van der Waals surface area contributed by atoms with Crippen LogP contribution in [0.2, 0.25) is 0 Å². The Morgan fingerprint density at radius 2 is 2.12 bits per heavy atom. The molecular formula is C15H30N2. The zero-order chi connectivity index (χ0) is 12.5. The van der Waals surface area contributed by atoms with Crippen LogP contribution in [-0.2, 0) is 0 Å². The molecular weight excluding hydrogens is 208 g/mol. The maximum atomic E-state index is 3.51. The summed E-state index contributed by atoms with van der Waals surface area (Å²) in [5.41, 5.74) is 1.57. The third-order valence-electron chi connectivity index (χ3n) is 3.40. The number of nitrogens with one attached hydrogen (secondary N) is 1. The lowest BCUT2D eigenvalue weighted by Crippen LogP contribution is -2.29. The molecule has 0 fully saturated rings. The van der Waals surface area contributed by atoms with Crippen molar-refractivity contribution in [3.8, 4) is 0 Å². The summed E-state index contributed by atoms with van der Waals surface area (Å²) in [4.78, 5) is 2.58. The van der Waals surface area contributed by atoms with Gasteiger partial charge in [-0.2, -0.15) is 0 Å². The second-order valence-electron chi connectivity index (χ2n) is 5.76. The topological polar surface area (TPSA) is 15.3 Å². The van der Waals surface area contributed by atoms with E-state index in [4.69, 9.17) is 0 Å². The van der Waals surface area contributed by atoms with Gasteiger partial charge in [0, 0.05) is 13.1 Å². The lowest BCUT2D eigenvalue weighted by Gasteiger charge is -2.25. The average molecular weight is 238 g/mol.